The molecule has 2 saturated heterocycles. The standard InChI is InChI=1S/C15H19N3O3S/c1-9(19)18-11(14(20)16-2)6-10-7-17(8-12(10)18)15(21)13-4-3-5-22-13/h3-5,10-12H,6-8H2,1-2H3,(H,16,20)/t10-,11-,12+/m1/s1. The lowest BCUT2D eigenvalue weighted by Crippen LogP contribution is -2.49. The second-order valence-corrected chi connectivity index (χ2v) is 6.75. The van der Waals surface area contributed by atoms with Crippen molar-refractivity contribution >= 4 is 29.1 Å². The molecule has 3 atom stereocenters. The first-order chi connectivity index (χ1) is 10.5. The first-order valence-electron chi connectivity index (χ1n) is 7.36. The van der Waals surface area contributed by atoms with Crippen LogP contribution >= 0.6 is 11.3 Å². The molecule has 0 aromatic carbocycles. The van der Waals surface area contributed by atoms with Crippen molar-refractivity contribution in [2.24, 2.45) is 5.92 Å². The van der Waals surface area contributed by atoms with E-state index in [9.17, 15) is 14.4 Å². The van der Waals surface area contributed by atoms with Gasteiger partial charge in [-0.3, -0.25) is 14.4 Å². The maximum Gasteiger partial charge on any atom is 0.263 e. The molecule has 0 radical (unpaired) electrons. The summed E-state index contributed by atoms with van der Waals surface area (Å²) >= 11 is 1.43. The van der Waals surface area contributed by atoms with Crippen molar-refractivity contribution in [2.75, 3.05) is 20.1 Å². The predicted molar refractivity (Wildman–Crippen MR) is 82.5 cm³/mol. The second kappa shape index (κ2) is 5.72. The average Bonchev–Trinajstić information content (AvgIpc) is 3.19. The number of thiophene rings is 1. The number of amides is 3. The summed E-state index contributed by atoms with van der Waals surface area (Å²) in [4.78, 5) is 40.6. The van der Waals surface area contributed by atoms with Crippen molar-refractivity contribution in [3.05, 3.63) is 22.4 Å². The van der Waals surface area contributed by atoms with E-state index in [2.05, 4.69) is 5.32 Å². The van der Waals surface area contributed by atoms with Gasteiger partial charge < -0.3 is 15.1 Å². The van der Waals surface area contributed by atoms with Crippen LogP contribution in [0.4, 0.5) is 0 Å². The van der Waals surface area contributed by atoms with Crippen LogP contribution in [0.25, 0.3) is 0 Å². The number of fused-ring (bicyclic) bond motifs is 1. The Labute approximate surface area is 133 Å². The summed E-state index contributed by atoms with van der Waals surface area (Å²) < 4.78 is 0. The van der Waals surface area contributed by atoms with Gasteiger partial charge in [0.1, 0.15) is 6.04 Å². The summed E-state index contributed by atoms with van der Waals surface area (Å²) in [7, 11) is 1.58. The molecule has 7 heteroatoms. The minimum Gasteiger partial charge on any atom is -0.357 e. The summed E-state index contributed by atoms with van der Waals surface area (Å²) in [6.07, 6.45) is 0.623. The Balaban J connectivity index is 1.76. The Bertz CT molecular complexity index is 601. The van der Waals surface area contributed by atoms with E-state index >= 15 is 0 Å². The van der Waals surface area contributed by atoms with Gasteiger partial charge in [-0.15, -0.1) is 11.3 Å². The molecule has 118 valence electrons. The number of likely N-dealkylation sites (tertiary alicyclic amines) is 2. The maximum atomic E-state index is 12.4. The SMILES string of the molecule is CNC(=O)[C@H]1C[C@@H]2CN(C(=O)c3cccs3)C[C@@H]2N1C(C)=O. The molecule has 6 nitrogen and oxygen atoms in total. The number of nitrogens with one attached hydrogen (secondary N) is 1. The maximum absolute atomic E-state index is 12.4. The first-order valence-corrected chi connectivity index (χ1v) is 8.24. The van der Waals surface area contributed by atoms with Crippen LogP contribution in [-0.4, -0.2) is 59.7 Å². The van der Waals surface area contributed by atoms with Gasteiger partial charge in [0.25, 0.3) is 5.91 Å². The van der Waals surface area contributed by atoms with Crippen LogP contribution < -0.4 is 5.32 Å². The predicted octanol–water partition coefficient (Wildman–Crippen LogP) is 0.555. The summed E-state index contributed by atoms with van der Waals surface area (Å²) in [6, 6.07) is 3.22. The van der Waals surface area contributed by atoms with Gasteiger partial charge in [-0.25, -0.2) is 0 Å². The highest BCUT2D eigenvalue weighted by molar-refractivity contribution is 7.12. The van der Waals surface area contributed by atoms with E-state index in [1.165, 1.54) is 18.3 Å². The summed E-state index contributed by atoms with van der Waals surface area (Å²) in [5.41, 5.74) is 0. The smallest absolute Gasteiger partial charge is 0.263 e. The van der Waals surface area contributed by atoms with Gasteiger partial charge in [-0.1, -0.05) is 6.07 Å². The van der Waals surface area contributed by atoms with Crippen molar-refractivity contribution in [2.45, 2.75) is 25.4 Å². The number of rotatable bonds is 2. The van der Waals surface area contributed by atoms with E-state index < -0.39 is 6.04 Å². The van der Waals surface area contributed by atoms with Crippen LogP contribution in [0, 0.1) is 5.92 Å². The molecule has 1 N–H and O–H groups in total. The Morgan fingerprint density at radius 2 is 2.09 bits per heavy atom. The lowest BCUT2D eigenvalue weighted by Gasteiger charge is -2.28. The normalized spacial score (nSPS) is 26.9. The number of carbonyl (C=O) groups excluding carboxylic acids is 3. The molecule has 0 unspecified atom stereocenters. The minimum absolute atomic E-state index is 0.0180. The molecule has 3 amide bonds. The highest BCUT2D eigenvalue weighted by Gasteiger charge is 2.50. The highest BCUT2D eigenvalue weighted by atomic mass is 32.1. The number of carbonyl (C=O) groups is 3. The molecule has 22 heavy (non-hydrogen) atoms. The summed E-state index contributed by atoms with van der Waals surface area (Å²) in [5.74, 6) is -0.0354. The van der Waals surface area contributed by atoms with E-state index in [1.54, 1.807) is 16.8 Å². The second-order valence-electron chi connectivity index (χ2n) is 5.81. The monoisotopic (exact) mass is 321 g/mol. The molecule has 1 aromatic rings. The Hall–Kier alpha value is -1.89. The van der Waals surface area contributed by atoms with E-state index in [4.69, 9.17) is 0 Å². The van der Waals surface area contributed by atoms with Crippen LogP contribution in [0.1, 0.15) is 23.0 Å². The van der Waals surface area contributed by atoms with Gasteiger partial charge in [0, 0.05) is 33.0 Å². The zero-order valence-electron chi connectivity index (χ0n) is 12.6. The topological polar surface area (TPSA) is 69.7 Å². The molecular formula is C15H19N3O3S. The zero-order valence-corrected chi connectivity index (χ0v) is 13.4. The number of nitrogens with zero attached hydrogens (tertiary/aromatic N) is 2. The van der Waals surface area contributed by atoms with Gasteiger partial charge in [0.2, 0.25) is 11.8 Å². The molecule has 0 saturated carbocycles. The molecular weight excluding hydrogens is 302 g/mol. The third-order valence-corrected chi connectivity index (χ3v) is 5.42. The van der Waals surface area contributed by atoms with Crippen molar-refractivity contribution < 1.29 is 14.4 Å². The molecule has 2 fully saturated rings. The molecule has 0 aliphatic carbocycles. The zero-order chi connectivity index (χ0) is 15.9. The van der Waals surface area contributed by atoms with Crippen LogP contribution in [0.3, 0.4) is 0 Å². The fraction of sp³-hybridized carbons (Fsp3) is 0.533. The summed E-state index contributed by atoms with van der Waals surface area (Å²) in [6.45, 7) is 2.61. The molecule has 3 heterocycles. The summed E-state index contributed by atoms with van der Waals surface area (Å²) in [5, 5.41) is 4.51. The van der Waals surface area contributed by atoms with E-state index in [1.807, 2.05) is 17.5 Å². The van der Waals surface area contributed by atoms with Gasteiger partial charge in [-0.2, -0.15) is 0 Å². The average molecular weight is 321 g/mol. The largest absolute Gasteiger partial charge is 0.357 e. The minimum atomic E-state index is -0.406. The van der Waals surface area contributed by atoms with Gasteiger partial charge >= 0.3 is 0 Å². The number of hydrogen-bond acceptors (Lipinski definition) is 4. The van der Waals surface area contributed by atoms with Gasteiger partial charge in [0.05, 0.1) is 10.9 Å². The van der Waals surface area contributed by atoms with E-state index in [-0.39, 0.29) is 29.7 Å². The van der Waals surface area contributed by atoms with E-state index in [0.717, 1.165) is 4.88 Å². The van der Waals surface area contributed by atoms with E-state index in [0.29, 0.717) is 19.5 Å². The van der Waals surface area contributed by atoms with Crippen LogP contribution in [0.15, 0.2) is 17.5 Å². The fourth-order valence-corrected chi connectivity index (χ4v) is 4.30. The number of hydrogen-bond donors (Lipinski definition) is 1. The third kappa shape index (κ3) is 2.39. The quantitative estimate of drug-likeness (QED) is 0.865. The lowest BCUT2D eigenvalue weighted by molar-refractivity contribution is -0.138. The van der Waals surface area contributed by atoms with Crippen LogP contribution in [-0.2, 0) is 9.59 Å². The molecule has 0 bridgehead atoms. The lowest BCUT2D eigenvalue weighted by atomic mass is 10.0. The Kier molecular flexibility index (Phi) is 3.90. The third-order valence-electron chi connectivity index (χ3n) is 4.56. The first kappa shape index (κ1) is 15.0. The van der Waals surface area contributed by atoms with Crippen molar-refractivity contribution in [3.8, 4) is 0 Å². The molecule has 3 rings (SSSR count). The molecule has 2 aliphatic rings. The highest BCUT2D eigenvalue weighted by Crippen LogP contribution is 2.36. The van der Waals surface area contributed by atoms with Crippen molar-refractivity contribution in [3.63, 3.8) is 0 Å². The Morgan fingerprint density at radius 1 is 1.32 bits per heavy atom. The van der Waals surface area contributed by atoms with Gasteiger partial charge in [-0.05, 0) is 17.9 Å². The Morgan fingerprint density at radius 3 is 2.68 bits per heavy atom. The molecule has 1 aromatic heterocycles. The molecule has 2 aliphatic heterocycles. The van der Waals surface area contributed by atoms with Crippen molar-refractivity contribution in [1.82, 2.24) is 15.1 Å². The van der Waals surface area contributed by atoms with Crippen LogP contribution in [0.2, 0.25) is 0 Å². The van der Waals surface area contributed by atoms with Crippen LogP contribution in [0.5, 0.6) is 0 Å². The molecule has 0 spiro atoms. The van der Waals surface area contributed by atoms with Crippen molar-refractivity contribution in [1.29, 1.82) is 0 Å². The fourth-order valence-electron chi connectivity index (χ4n) is 3.61. The number of likely N-dealkylation sites (N-methyl/N-ethyl adjacent to an activating group) is 1. The van der Waals surface area contributed by atoms with Gasteiger partial charge in [0.15, 0.2) is 0 Å².